The van der Waals surface area contributed by atoms with Crippen molar-refractivity contribution in [2.45, 2.75) is 0 Å². The van der Waals surface area contributed by atoms with Crippen molar-refractivity contribution >= 4 is 11.0 Å². The third-order valence-corrected chi connectivity index (χ3v) is 4.26. The Kier molecular flexibility index (Phi) is 4.41. The van der Waals surface area contributed by atoms with Gasteiger partial charge in [0.1, 0.15) is 5.65 Å². The minimum Gasteiger partial charge on any atom is -0.493 e. The second kappa shape index (κ2) is 6.55. The molecule has 3 rings (SSSR count). The van der Waals surface area contributed by atoms with Crippen molar-refractivity contribution < 1.29 is 14.2 Å². The summed E-state index contributed by atoms with van der Waals surface area (Å²) in [5.41, 5.74) is 0.767. The van der Waals surface area contributed by atoms with E-state index in [0.717, 1.165) is 4.57 Å². The molecule has 0 fully saturated rings. The highest BCUT2D eigenvalue weighted by Crippen LogP contribution is 2.40. The fourth-order valence-electron chi connectivity index (χ4n) is 2.84. The Morgan fingerprint density at radius 3 is 2.04 bits per heavy atom. The molecule has 0 N–H and O–H groups in total. The third kappa shape index (κ3) is 2.59. The van der Waals surface area contributed by atoms with Crippen LogP contribution in [-0.4, -0.2) is 35.4 Å². The Morgan fingerprint density at radius 2 is 1.50 bits per heavy atom. The molecule has 0 aliphatic carbocycles. The average Bonchev–Trinajstić information content (AvgIpc) is 2.68. The molecule has 8 nitrogen and oxygen atoms in total. The zero-order valence-corrected chi connectivity index (χ0v) is 15.2. The molecule has 26 heavy (non-hydrogen) atoms. The summed E-state index contributed by atoms with van der Waals surface area (Å²) in [6.07, 6.45) is 0. The normalized spacial score (nSPS) is 10.8. The molecule has 0 aliphatic heterocycles. The lowest BCUT2D eigenvalue weighted by Gasteiger charge is -2.14. The van der Waals surface area contributed by atoms with Crippen LogP contribution in [0.3, 0.4) is 0 Å². The Labute approximate surface area is 149 Å². The molecule has 8 heteroatoms. The SMILES string of the molecule is COc1cc(-c2ccc3c(=O)n(C)c(=O)n(C)c3n2)cc(OC)c1OC. The van der Waals surface area contributed by atoms with E-state index in [1.807, 2.05) is 0 Å². The number of pyridine rings is 1. The van der Waals surface area contributed by atoms with Crippen molar-refractivity contribution in [3.63, 3.8) is 0 Å². The van der Waals surface area contributed by atoms with Gasteiger partial charge in [-0.1, -0.05) is 0 Å². The van der Waals surface area contributed by atoms with Crippen molar-refractivity contribution in [1.29, 1.82) is 0 Å². The van der Waals surface area contributed by atoms with E-state index < -0.39 is 5.69 Å². The van der Waals surface area contributed by atoms with Crippen LogP contribution in [0, 0.1) is 0 Å². The highest BCUT2D eigenvalue weighted by molar-refractivity contribution is 5.79. The van der Waals surface area contributed by atoms with E-state index in [4.69, 9.17) is 14.2 Å². The molecule has 2 heterocycles. The molecule has 0 radical (unpaired) electrons. The van der Waals surface area contributed by atoms with Gasteiger partial charge in [-0.05, 0) is 24.3 Å². The fraction of sp³-hybridized carbons (Fsp3) is 0.278. The second-order valence-electron chi connectivity index (χ2n) is 5.69. The summed E-state index contributed by atoms with van der Waals surface area (Å²) in [5.74, 6) is 1.45. The van der Waals surface area contributed by atoms with Gasteiger partial charge in [-0.3, -0.25) is 13.9 Å². The predicted octanol–water partition coefficient (Wildman–Crippen LogP) is 1.32. The minimum absolute atomic E-state index is 0.310. The van der Waals surface area contributed by atoms with E-state index in [1.165, 1.54) is 32.9 Å². The first kappa shape index (κ1) is 17.5. The number of aryl methyl sites for hydroxylation is 1. The van der Waals surface area contributed by atoms with Gasteiger partial charge in [0, 0.05) is 19.7 Å². The van der Waals surface area contributed by atoms with Gasteiger partial charge in [0.25, 0.3) is 5.56 Å². The van der Waals surface area contributed by atoms with E-state index in [9.17, 15) is 9.59 Å². The standard InChI is InChI=1S/C18H19N3O5/c1-20-16-11(17(22)21(2)18(20)23)6-7-12(19-16)10-8-13(24-3)15(26-5)14(9-10)25-4/h6-9H,1-5H3. The van der Waals surface area contributed by atoms with Crippen LogP contribution in [0.1, 0.15) is 0 Å². The highest BCUT2D eigenvalue weighted by Gasteiger charge is 2.16. The summed E-state index contributed by atoms with van der Waals surface area (Å²) in [4.78, 5) is 29.0. The number of hydrogen-bond acceptors (Lipinski definition) is 6. The predicted molar refractivity (Wildman–Crippen MR) is 97.3 cm³/mol. The second-order valence-corrected chi connectivity index (χ2v) is 5.69. The first-order valence-electron chi connectivity index (χ1n) is 7.80. The van der Waals surface area contributed by atoms with Crippen LogP contribution in [0.2, 0.25) is 0 Å². The molecule has 0 bridgehead atoms. The van der Waals surface area contributed by atoms with Gasteiger partial charge in [0.05, 0.1) is 32.4 Å². The summed E-state index contributed by atoms with van der Waals surface area (Å²) in [7, 11) is 7.61. The molecule has 3 aromatic rings. The highest BCUT2D eigenvalue weighted by atomic mass is 16.5. The summed E-state index contributed by atoms with van der Waals surface area (Å²) < 4.78 is 18.5. The lowest BCUT2D eigenvalue weighted by molar-refractivity contribution is 0.324. The van der Waals surface area contributed by atoms with E-state index in [-0.39, 0.29) is 5.56 Å². The molecule has 136 valence electrons. The van der Waals surface area contributed by atoms with E-state index >= 15 is 0 Å². The summed E-state index contributed by atoms with van der Waals surface area (Å²) in [6, 6.07) is 6.89. The van der Waals surface area contributed by atoms with Gasteiger partial charge in [-0.15, -0.1) is 0 Å². The maximum Gasteiger partial charge on any atom is 0.332 e. The monoisotopic (exact) mass is 357 g/mol. The Bertz CT molecular complexity index is 1090. The quantitative estimate of drug-likeness (QED) is 0.700. The van der Waals surface area contributed by atoms with Gasteiger partial charge in [0.2, 0.25) is 5.75 Å². The Hall–Kier alpha value is -3.29. The number of hydrogen-bond donors (Lipinski definition) is 0. The average molecular weight is 357 g/mol. The number of benzene rings is 1. The lowest BCUT2D eigenvalue weighted by Crippen LogP contribution is -2.37. The summed E-state index contributed by atoms with van der Waals surface area (Å²) in [6.45, 7) is 0. The van der Waals surface area contributed by atoms with E-state index in [0.29, 0.717) is 39.5 Å². The van der Waals surface area contributed by atoms with Crippen LogP contribution in [0.4, 0.5) is 0 Å². The molecule has 1 aromatic carbocycles. The van der Waals surface area contributed by atoms with Gasteiger partial charge >= 0.3 is 5.69 Å². The number of nitrogens with zero attached hydrogens (tertiary/aromatic N) is 3. The lowest BCUT2D eigenvalue weighted by atomic mass is 10.1. The number of fused-ring (bicyclic) bond motifs is 1. The van der Waals surface area contributed by atoms with Gasteiger partial charge in [-0.2, -0.15) is 0 Å². The van der Waals surface area contributed by atoms with E-state index in [1.54, 1.807) is 31.3 Å². The van der Waals surface area contributed by atoms with Crippen molar-refractivity contribution in [3.05, 3.63) is 45.1 Å². The zero-order valence-electron chi connectivity index (χ0n) is 15.2. The molecule has 0 atom stereocenters. The largest absolute Gasteiger partial charge is 0.493 e. The van der Waals surface area contributed by atoms with Crippen LogP contribution >= 0.6 is 0 Å². The van der Waals surface area contributed by atoms with Crippen molar-refractivity contribution in [1.82, 2.24) is 14.1 Å². The molecule has 0 unspecified atom stereocenters. The number of methoxy groups -OCH3 is 3. The zero-order chi connectivity index (χ0) is 19.0. The van der Waals surface area contributed by atoms with Crippen LogP contribution in [0.15, 0.2) is 33.9 Å². The van der Waals surface area contributed by atoms with E-state index in [2.05, 4.69) is 4.98 Å². The molecule has 0 saturated carbocycles. The molecule has 2 aromatic heterocycles. The molecule has 0 amide bonds. The van der Waals surface area contributed by atoms with Crippen molar-refractivity contribution in [2.24, 2.45) is 14.1 Å². The summed E-state index contributed by atoms with van der Waals surface area (Å²) >= 11 is 0. The van der Waals surface area contributed by atoms with Crippen molar-refractivity contribution in [2.75, 3.05) is 21.3 Å². The minimum atomic E-state index is -0.433. The maximum atomic E-state index is 12.3. The van der Waals surface area contributed by atoms with Gasteiger partial charge in [0.15, 0.2) is 11.5 Å². The number of aromatic nitrogens is 3. The molecule has 0 spiro atoms. The summed E-state index contributed by atoms with van der Waals surface area (Å²) in [5, 5.41) is 0.366. The fourth-order valence-corrected chi connectivity index (χ4v) is 2.84. The molecular formula is C18H19N3O5. The molecule has 0 aliphatic rings. The van der Waals surface area contributed by atoms with Crippen LogP contribution < -0.4 is 25.5 Å². The Morgan fingerprint density at radius 1 is 0.885 bits per heavy atom. The van der Waals surface area contributed by atoms with Gasteiger partial charge in [-0.25, -0.2) is 9.78 Å². The van der Waals surface area contributed by atoms with Gasteiger partial charge < -0.3 is 14.2 Å². The topological polar surface area (TPSA) is 84.6 Å². The third-order valence-electron chi connectivity index (χ3n) is 4.26. The number of rotatable bonds is 4. The smallest absolute Gasteiger partial charge is 0.332 e. The number of ether oxygens (including phenoxy) is 3. The van der Waals surface area contributed by atoms with Crippen LogP contribution in [0.25, 0.3) is 22.3 Å². The first-order chi connectivity index (χ1) is 12.4. The maximum absolute atomic E-state index is 12.3. The molecule has 0 saturated heterocycles. The first-order valence-corrected chi connectivity index (χ1v) is 7.80. The van der Waals surface area contributed by atoms with Crippen molar-refractivity contribution in [3.8, 4) is 28.5 Å². The van der Waals surface area contributed by atoms with Crippen LogP contribution in [0.5, 0.6) is 17.2 Å². The Balaban J connectivity index is 2.30. The van der Waals surface area contributed by atoms with Crippen LogP contribution in [-0.2, 0) is 14.1 Å². The molecular weight excluding hydrogens is 338 g/mol.